The maximum Gasteiger partial charge on any atom is 0.259 e. The maximum absolute atomic E-state index is 11.9. The Morgan fingerprint density at radius 2 is 2.04 bits per heavy atom. The molecular weight excluding hydrogens is 400 g/mol. The molecule has 2 aromatic rings. The number of nitrogens with one attached hydrogen (secondary N) is 2. The van der Waals surface area contributed by atoms with Gasteiger partial charge in [0.15, 0.2) is 11.5 Å². The number of amides is 1. The van der Waals surface area contributed by atoms with E-state index in [1.807, 2.05) is 43.3 Å². The first kappa shape index (κ1) is 18.1. The van der Waals surface area contributed by atoms with Gasteiger partial charge in [0.05, 0.1) is 18.4 Å². The number of rotatable bonds is 6. The van der Waals surface area contributed by atoms with Crippen molar-refractivity contribution in [3.05, 3.63) is 46.4 Å². The van der Waals surface area contributed by atoms with Crippen LogP contribution in [0.2, 0.25) is 0 Å². The van der Waals surface area contributed by atoms with Crippen molar-refractivity contribution in [2.75, 3.05) is 37.6 Å². The number of halogens is 1. The Hall–Kier alpha value is -2.74. The summed E-state index contributed by atoms with van der Waals surface area (Å²) in [7, 11) is 3.95. The number of nitrogens with zero attached hydrogens (tertiary/aromatic N) is 2. The second-order valence-electron chi connectivity index (χ2n) is 5.82. The Balaban J connectivity index is 1.49. The predicted molar refractivity (Wildman–Crippen MR) is 105 cm³/mol. The zero-order valence-corrected chi connectivity index (χ0v) is 16.0. The zero-order valence-electron chi connectivity index (χ0n) is 14.5. The molecule has 136 valence electrons. The number of carbonyl (C=O) groups excluding carboxylic acids is 1. The van der Waals surface area contributed by atoms with Crippen LogP contribution < -0.4 is 25.1 Å². The fourth-order valence-electron chi connectivity index (χ4n) is 2.37. The van der Waals surface area contributed by atoms with Crippen molar-refractivity contribution in [1.29, 1.82) is 0 Å². The van der Waals surface area contributed by atoms with Crippen molar-refractivity contribution in [2.45, 2.75) is 0 Å². The number of hydrogen-bond donors (Lipinski definition) is 2. The van der Waals surface area contributed by atoms with Gasteiger partial charge in [-0.1, -0.05) is 6.07 Å². The highest BCUT2D eigenvalue weighted by atomic mass is 79.9. The molecule has 2 N–H and O–H groups in total. The number of hydrazone groups is 1. The van der Waals surface area contributed by atoms with Crippen LogP contribution in [0.4, 0.5) is 11.4 Å². The van der Waals surface area contributed by atoms with Gasteiger partial charge in [-0.05, 0) is 45.8 Å². The van der Waals surface area contributed by atoms with Crippen LogP contribution in [0.1, 0.15) is 5.56 Å². The van der Waals surface area contributed by atoms with E-state index in [1.54, 1.807) is 18.3 Å². The molecule has 0 saturated carbocycles. The van der Waals surface area contributed by atoms with Crippen molar-refractivity contribution in [1.82, 2.24) is 5.43 Å². The van der Waals surface area contributed by atoms with Crippen molar-refractivity contribution < 1.29 is 14.3 Å². The van der Waals surface area contributed by atoms with Gasteiger partial charge in [0, 0.05) is 30.3 Å². The van der Waals surface area contributed by atoms with Crippen LogP contribution in [-0.4, -0.2) is 39.6 Å². The molecule has 1 aliphatic rings. The van der Waals surface area contributed by atoms with E-state index in [0.717, 1.165) is 21.4 Å². The van der Waals surface area contributed by atoms with Gasteiger partial charge in [-0.15, -0.1) is 0 Å². The lowest BCUT2D eigenvalue weighted by Crippen LogP contribution is -2.25. The summed E-state index contributed by atoms with van der Waals surface area (Å²) in [6, 6.07) is 11.3. The smallest absolute Gasteiger partial charge is 0.259 e. The van der Waals surface area contributed by atoms with Crippen LogP contribution in [0.5, 0.6) is 11.5 Å². The van der Waals surface area contributed by atoms with Gasteiger partial charge >= 0.3 is 0 Å². The Morgan fingerprint density at radius 3 is 2.81 bits per heavy atom. The van der Waals surface area contributed by atoms with Gasteiger partial charge in [0.2, 0.25) is 6.79 Å². The molecule has 0 atom stereocenters. The number of carbonyl (C=O) groups is 1. The van der Waals surface area contributed by atoms with Gasteiger partial charge in [0.25, 0.3) is 5.91 Å². The van der Waals surface area contributed by atoms with Gasteiger partial charge in [-0.3, -0.25) is 4.79 Å². The summed E-state index contributed by atoms with van der Waals surface area (Å²) >= 11 is 3.52. The van der Waals surface area contributed by atoms with Crippen LogP contribution in [-0.2, 0) is 4.79 Å². The van der Waals surface area contributed by atoms with Crippen molar-refractivity contribution in [3.8, 4) is 11.5 Å². The normalized spacial score (nSPS) is 12.3. The second-order valence-corrected chi connectivity index (χ2v) is 6.67. The third-order valence-electron chi connectivity index (χ3n) is 3.68. The quantitative estimate of drug-likeness (QED) is 0.557. The Labute approximate surface area is 160 Å². The van der Waals surface area contributed by atoms with E-state index in [9.17, 15) is 4.79 Å². The lowest BCUT2D eigenvalue weighted by Gasteiger charge is -2.14. The molecule has 0 bridgehead atoms. The summed E-state index contributed by atoms with van der Waals surface area (Å²) in [4.78, 5) is 13.9. The summed E-state index contributed by atoms with van der Waals surface area (Å²) in [5.41, 5.74) is 5.22. The van der Waals surface area contributed by atoms with Crippen molar-refractivity contribution in [2.24, 2.45) is 5.10 Å². The SMILES string of the molecule is CN(C)c1ccc(/C=N\NC(=O)CNc2ccc3c(c2)OCO3)cc1Br. The zero-order chi connectivity index (χ0) is 18.5. The molecule has 3 rings (SSSR count). The van der Waals surface area contributed by atoms with Crippen LogP contribution in [0.3, 0.4) is 0 Å². The Morgan fingerprint density at radius 1 is 1.23 bits per heavy atom. The minimum absolute atomic E-state index is 0.0975. The van der Waals surface area contributed by atoms with Gasteiger partial charge < -0.3 is 19.7 Å². The number of ether oxygens (including phenoxy) is 2. The minimum Gasteiger partial charge on any atom is -0.454 e. The van der Waals surface area contributed by atoms with E-state index in [1.165, 1.54) is 0 Å². The first-order valence-electron chi connectivity index (χ1n) is 7.95. The lowest BCUT2D eigenvalue weighted by atomic mass is 10.2. The summed E-state index contributed by atoms with van der Waals surface area (Å²) in [5, 5.41) is 7.00. The van der Waals surface area contributed by atoms with Crippen LogP contribution in [0.25, 0.3) is 0 Å². The molecule has 0 saturated heterocycles. The van der Waals surface area contributed by atoms with E-state index in [2.05, 4.69) is 31.8 Å². The number of anilines is 2. The van der Waals surface area contributed by atoms with E-state index >= 15 is 0 Å². The van der Waals surface area contributed by atoms with Crippen molar-refractivity contribution >= 4 is 39.4 Å². The standard InChI is InChI=1S/C18H19BrN4O3/c1-23(2)15-5-3-12(7-14(15)19)9-21-22-18(24)10-20-13-4-6-16-17(8-13)26-11-25-16/h3-9,20H,10-11H2,1-2H3,(H,22,24)/b21-9-. The lowest BCUT2D eigenvalue weighted by molar-refractivity contribution is -0.119. The van der Waals surface area contributed by atoms with Crippen LogP contribution in [0, 0.1) is 0 Å². The summed E-state index contributed by atoms with van der Waals surface area (Å²) in [5.74, 6) is 1.12. The van der Waals surface area contributed by atoms with Crippen molar-refractivity contribution in [3.63, 3.8) is 0 Å². The molecule has 1 aliphatic heterocycles. The molecule has 1 amide bonds. The summed E-state index contributed by atoms with van der Waals surface area (Å²) in [6.07, 6.45) is 1.60. The molecule has 0 spiro atoms. The minimum atomic E-state index is -0.247. The molecule has 1 heterocycles. The largest absolute Gasteiger partial charge is 0.454 e. The van der Waals surface area contributed by atoms with E-state index in [4.69, 9.17) is 9.47 Å². The topological polar surface area (TPSA) is 75.2 Å². The number of benzene rings is 2. The third-order valence-corrected chi connectivity index (χ3v) is 4.32. The average Bonchev–Trinajstić information content (AvgIpc) is 3.07. The van der Waals surface area contributed by atoms with E-state index in [0.29, 0.717) is 11.5 Å². The fourth-order valence-corrected chi connectivity index (χ4v) is 3.12. The fraction of sp³-hybridized carbons (Fsp3) is 0.222. The summed E-state index contributed by atoms with van der Waals surface area (Å²) < 4.78 is 11.5. The summed E-state index contributed by atoms with van der Waals surface area (Å²) in [6.45, 7) is 0.319. The molecule has 0 radical (unpaired) electrons. The second kappa shape index (κ2) is 8.09. The van der Waals surface area contributed by atoms with E-state index in [-0.39, 0.29) is 19.2 Å². The highest BCUT2D eigenvalue weighted by Gasteiger charge is 2.13. The van der Waals surface area contributed by atoms with E-state index < -0.39 is 0 Å². The third kappa shape index (κ3) is 4.45. The Kier molecular flexibility index (Phi) is 5.62. The first-order chi connectivity index (χ1) is 12.5. The molecule has 7 nitrogen and oxygen atoms in total. The highest BCUT2D eigenvalue weighted by molar-refractivity contribution is 9.10. The number of hydrogen-bond acceptors (Lipinski definition) is 6. The molecule has 0 aromatic heterocycles. The molecule has 0 fully saturated rings. The van der Waals surface area contributed by atoms with Gasteiger partial charge in [0.1, 0.15) is 0 Å². The number of fused-ring (bicyclic) bond motifs is 1. The average molecular weight is 419 g/mol. The van der Waals surface area contributed by atoms with Crippen LogP contribution >= 0.6 is 15.9 Å². The van der Waals surface area contributed by atoms with Gasteiger partial charge in [-0.25, -0.2) is 5.43 Å². The Bertz CT molecular complexity index is 839. The molecule has 8 heteroatoms. The first-order valence-corrected chi connectivity index (χ1v) is 8.74. The molecule has 26 heavy (non-hydrogen) atoms. The maximum atomic E-state index is 11.9. The monoisotopic (exact) mass is 418 g/mol. The van der Waals surface area contributed by atoms with Crippen LogP contribution in [0.15, 0.2) is 46.0 Å². The molecule has 2 aromatic carbocycles. The predicted octanol–water partition coefficient (Wildman–Crippen LogP) is 2.81. The molecular formula is C18H19BrN4O3. The van der Waals surface area contributed by atoms with Gasteiger partial charge in [-0.2, -0.15) is 5.10 Å². The highest BCUT2D eigenvalue weighted by Crippen LogP contribution is 2.34. The molecule has 0 unspecified atom stereocenters. The molecule has 0 aliphatic carbocycles.